The molecule has 24 heavy (non-hydrogen) atoms. The second kappa shape index (κ2) is 6.08. The van der Waals surface area contributed by atoms with Crippen molar-refractivity contribution in [2.45, 2.75) is 12.8 Å². The van der Waals surface area contributed by atoms with E-state index < -0.39 is 5.92 Å². The van der Waals surface area contributed by atoms with Gasteiger partial charge in [-0.15, -0.1) is 5.10 Å². The number of hydrogen-bond donors (Lipinski definition) is 1. The zero-order chi connectivity index (χ0) is 17.2. The predicted molar refractivity (Wildman–Crippen MR) is 87.0 cm³/mol. The molecule has 2 aromatic heterocycles. The van der Waals surface area contributed by atoms with Crippen molar-refractivity contribution in [1.82, 2.24) is 15.4 Å². The number of benzene rings is 1. The molecule has 0 saturated heterocycles. The predicted octanol–water partition coefficient (Wildman–Crippen LogP) is 4.94. The molecular weight excluding hydrogens is 314 g/mol. The molecule has 5 nitrogen and oxygen atoms in total. The van der Waals surface area contributed by atoms with Crippen LogP contribution in [0, 0.1) is 6.57 Å². The molecule has 0 bridgehead atoms. The largest absolute Gasteiger partial charge is 0.480 e. The summed E-state index contributed by atoms with van der Waals surface area (Å²) in [6, 6.07) is 9.57. The van der Waals surface area contributed by atoms with Crippen LogP contribution < -0.4 is 0 Å². The Kier molecular flexibility index (Phi) is 3.96. The first kappa shape index (κ1) is 15.6. The lowest BCUT2D eigenvalue weighted by atomic mass is 10.1. The molecule has 0 atom stereocenters. The smallest absolute Gasteiger partial charge is 0.455 e. The van der Waals surface area contributed by atoms with Crippen LogP contribution in [0.1, 0.15) is 23.8 Å². The number of halogens is 2. The lowest BCUT2D eigenvalue weighted by Crippen LogP contribution is -2.06. The minimum atomic E-state index is -2.88. The van der Waals surface area contributed by atoms with E-state index in [1.807, 2.05) is 0 Å². The summed E-state index contributed by atoms with van der Waals surface area (Å²) in [5.74, 6) is -1.67. The third kappa shape index (κ3) is 3.22. The minimum Gasteiger partial charge on any atom is -0.455 e. The standard InChI is InChI=1S/C17H13F2N4O/c1-17(18,19)12-5-3-4-11(10-12)6-7-13-8-9-14(24-13)15-16(20-2)22-23-21-15/h2-10H,1H3,(H,21,22,23)/q+1. The summed E-state index contributed by atoms with van der Waals surface area (Å²) in [5.41, 5.74) is 0.998. The molecule has 0 spiro atoms. The van der Waals surface area contributed by atoms with Crippen molar-refractivity contribution in [2.75, 3.05) is 0 Å². The SMILES string of the molecule is C#[N+]c1n[nH]nc1-c1ccc(C=Cc2cccc(C(C)(F)F)c2)o1. The molecule has 0 aliphatic heterocycles. The number of rotatable bonds is 4. The van der Waals surface area contributed by atoms with Crippen molar-refractivity contribution < 1.29 is 13.2 Å². The number of alkyl halides is 2. The van der Waals surface area contributed by atoms with E-state index in [-0.39, 0.29) is 11.4 Å². The lowest BCUT2D eigenvalue weighted by Gasteiger charge is -2.10. The van der Waals surface area contributed by atoms with Gasteiger partial charge in [0.1, 0.15) is 12.3 Å². The monoisotopic (exact) mass is 327 g/mol. The third-order valence-electron chi connectivity index (χ3n) is 3.35. The van der Waals surface area contributed by atoms with Gasteiger partial charge in [-0.1, -0.05) is 29.5 Å². The molecule has 1 aromatic carbocycles. The normalized spacial score (nSPS) is 11.8. The fourth-order valence-electron chi connectivity index (χ4n) is 2.14. The third-order valence-corrected chi connectivity index (χ3v) is 3.35. The number of H-pyrrole nitrogens is 1. The molecule has 1 N–H and O–H groups in total. The Morgan fingerprint density at radius 3 is 2.79 bits per heavy atom. The van der Waals surface area contributed by atoms with Crippen LogP contribution in [0.2, 0.25) is 0 Å². The van der Waals surface area contributed by atoms with Gasteiger partial charge in [0.05, 0.1) is 5.10 Å². The maximum Gasteiger partial charge on any atom is 0.480 e. The fraction of sp³-hybridized carbons (Fsp3) is 0.118. The van der Waals surface area contributed by atoms with Gasteiger partial charge in [-0.2, -0.15) is 4.85 Å². The highest BCUT2D eigenvalue weighted by Crippen LogP contribution is 2.29. The van der Waals surface area contributed by atoms with Crippen LogP contribution in [-0.2, 0) is 5.92 Å². The summed E-state index contributed by atoms with van der Waals surface area (Å²) in [5, 5.41) is 10.1. The topological polar surface area (TPSA) is 59.1 Å². The van der Waals surface area contributed by atoms with Gasteiger partial charge in [0.25, 0.3) is 5.92 Å². The highest BCUT2D eigenvalue weighted by molar-refractivity contribution is 5.71. The molecule has 3 rings (SSSR count). The molecule has 0 unspecified atom stereocenters. The van der Waals surface area contributed by atoms with Gasteiger partial charge in [-0.05, 0) is 29.8 Å². The minimum absolute atomic E-state index is 0.0402. The Bertz CT molecular complexity index is 928. The molecule has 0 fully saturated rings. The van der Waals surface area contributed by atoms with Crippen LogP contribution in [0.4, 0.5) is 14.6 Å². The number of hydrogen-bond acceptors (Lipinski definition) is 3. The van der Waals surface area contributed by atoms with Gasteiger partial charge in [-0.25, -0.2) is 8.78 Å². The van der Waals surface area contributed by atoms with Crippen molar-refractivity contribution in [3.63, 3.8) is 0 Å². The van der Waals surface area contributed by atoms with E-state index in [0.29, 0.717) is 22.8 Å². The average molecular weight is 327 g/mol. The van der Waals surface area contributed by atoms with Crippen molar-refractivity contribution in [1.29, 1.82) is 0 Å². The van der Waals surface area contributed by atoms with Crippen molar-refractivity contribution in [3.8, 4) is 18.0 Å². The molecule has 0 aliphatic carbocycles. The van der Waals surface area contributed by atoms with Crippen molar-refractivity contribution in [3.05, 3.63) is 58.1 Å². The average Bonchev–Trinajstić information content (AvgIpc) is 3.21. The van der Waals surface area contributed by atoms with E-state index >= 15 is 0 Å². The maximum atomic E-state index is 13.4. The highest BCUT2D eigenvalue weighted by atomic mass is 19.3. The summed E-state index contributed by atoms with van der Waals surface area (Å²) in [7, 11) is 0. The molecule has 0 radical (unpaired) electrons. The molecule has 120 valence electrons. The molecule has 0 aliphatic rings. The van der Waals surface area contributed by atoms with E-state index in [1.54, 1.807) is 36.4 Å². The summed E-state index contributed by atoms with van der Waals surface area (Å²) in [6.07, 6.45) is 3.37. The molecule has 0 saturated carbocycles. The molecule has 3 aromatic rings. The van der Waals surface area contributed by atoms with Crippen LogP contribution in [0.3, 0.4) is 0 Å². The zero-order valence-corrected chi connectivity index (χ0v) is 12.7. The zero-order valence-electron chi connectivity index (χ0n) is 12.7. The summed E-state index contributed by atoms with van der Waals surface area (Å²) in [4.78, 5) is 3.49. The first-order valence-electron chi connectivity index (χ1n) is 7.06. The fourth-order valence-corrected chi connectivity index (χ4v) is 2.14. The van der Waals surface area contributed by atoms with Gasteiger partial charge in [-0.3, -0.25) is 0 Å². The van der Waals surface area contributed by atoms with E-state index in [2.05, 4.69) is 20.3 Å². The number of aromatic nitrogens is 3. The number of nitrogens with zero attached hydrogens (tertiary/aromatic N) is 3. The highest BCUT2D eigenvalue weighted by Gasteiger charge is 2.24. The van der Waals surface area contributed by atoms with Crippen LogP contribution in [0.15, 0.2) is 40.8 Å². The lowest BCUT2D eigenvalue weighted by molar-refractivity contribution is 0.0174. The van der Waals surface area contributed by atoms with Gasteiger partial charge >= 0.3 is 5.82 Å². The van der Waals surface area contributed by atoms with Gasteiger partial charge in [0.15, 0.2) is 5.76 Å². The van der Waals surface area contributed by atoms with Gasteiger partial charge in [0.2, 0.25) is 5.69 Å². The van der Waals surface area contributed by atoms with E-state index in [1.165, 1.54) is 12.1 Å². The summed E-state index contributed by atoms with van der Waals surface area (Å²) >= 11 is 0. The Hall–Kier alpha value is -3.27. The quantitative estimate of drug-likeness (QED) is 0.738. The van der Waals surface area contributed by atoms with Gasteiger partial charge < -0.3 is 4.42 Å². The van der Waals surface area contributed by atoms with E-state index in [9.17, 15) is 8.78 Å². The second-order valence-electron chi connectivity index (χ2n) is 5.17. The Balaban J connectivity index is 1.83. The molecule has 2 heterocycles. The second-order valence-corrected chi connectivity index (χ2v) is 5.17. The molecular formula is C17H13F2N4O+. The van der Waals surface area contributed by atoms with Crippen LogP contribution in [-0.4, -0.2) is 15.4 Å². The van der Waals surface area contributed by atoms with Crippen LogP contribution in [0.5, 0.6) is 0 Å². The molecule has 0 amide bonds. The Morgan fingerprint density at radius 1 is 1.21 bits per heavy atom. The first-order valence-corrected chi connectivity index (χ1v) is 7.06. The molecule has 7 heteroatoms. The maximum absolute atomic E-state index is 13.4. The van der Waals surface area contributed by atoms with E-state index in [0.717, 1.165) is 6.92 Å². The number of nitrogens with one attached hydrogen (secondary N) is 1. The number of furan rings is 1. The summed E-state index contributed by atoms with van der Waals surface area (Å²) < 4.78 is 32.3. The Labute approximate surface area is 136 Å². The van der Waals surface area contributed by atoms with Crippen LogP contribution in [0.25, 0.3) is 28.5 Å². The van der Waals surface area contributed by atoms with Gasteiger partial charge in [0, 0.05) is 12.5 Å². The summed E-state index contributed by atoms with van der Waals surface area (Å²) in [6.45, 7) is 6.08. The van der Waals surface area contributed by atoms with E-state index in [4.69, 9.17) is 11.0 Å². The van der Waals surface area contributed by atoms with Crippen molar-refractivity contribution >= 4 is 18.0 Å². The number of aromatic amines is 1. The van der Waals surface area contributed by atoms with Crippen molar-refractivity contribution in [2.24, 2.45) is 0 Å². The first-order chi connectivity index (χ1) is 11.5. The Morgan fingerprint density at radius 2 is 2.04 bits per heavy atom. The van der Waals surface area contributed by atoms with Crippen LogP contribution >= 0.6 is 0 Å².